The van der Waals surface area contributed by atoms with E-state index in [1.54, 1.807) is 19.3 Å². The van der Waals surface area contributed by atoms with E-state index in [4.69, 9.17) is 0 Å². The van der Waals surface area contributed by atoms with Gasteiger partial charge in [-0.05, 0) is 94.8 Å². The van der Waals surface area contributed by atoms with Crippen molar-refractivity contribution in [1.82, 2.24) is 19.0 Å². The van der Waals surface area contributed by atoms with Crippen molar-refractivity contribution in [3.63, 3.8) is 0 Å². The fraction of sp³-hybridized carbons (Fsp3) is 0.855. The lowest BCUT2D eigenvalue weighted by atomic mass is 9.73. The second-order valence-electron chi connectivity index (χ2n) is 25.7. The number of rotatable bonds is 30. The highest BCUT2D eigenvalue weighted by molar-refractivity contribution is 4.82. The molecule has 10 nitrogen and oxygen atoms in total. The summed E-state index contributed by atoms with van der Waals surface area (Å²) in [5.41, 5.74) is 0. The Bertz CT molecular complexity index is 1670. The molecule has 2 saturated carbocycles. The molecule has 8 rings (SSSR count). The minimum atomic E-state index is 0.742. The number of aromatic nitrogens is 6. The molecule has 3 aromatic rings. The van der Waals surface area contributed by atoms with E-state index in [2.05, 4.69) is 130 Å². The van der Waals surface area contributed by atoms with Crippen LogP contribution in [0.2, 0.25) is 0 Å². The van der Waals surface area contributed by atoms with Crippen LogP contribution in [0.25, 0.3) is 0 Å². The van der Waals surface area contributed by atoms with Gasteiger partial charge in [0.1, 0.15) is 43.8 Å². The summed E-state index contributed by atoms with van der Waals surface area (Å²) in [7, 11) is 0. The number of aryl methyl sites for hydroxylation is 3. The average Bonchev–Trinajstić information content (AvgIpc) is 4.26. The van der Waals surface area contributed by atoms with Crippen molar-refractivity contribution >= 4 is 0 Å². The Labute approximate surface area is 443 Å². The molecule has 0 amide bonds. The molecule has 3 atom stereocenters. The first kappa shape index (κ1) is 57.2. The lowest BCUT2D eigenvalue weighted by molar-refractivity contribution is -0.926. The number of nitrogens with one attached hydrogen (secondary N) is 1. The number of hydrogen-bond donors (Lipinski definition) is 1. The van der Waals surface area contributed by atoms with Crippen LogP contribution >= 0.6 is 0 Å². The van der Waals surface area contributed by atoms with Crippen LogP contribution in [-0.4, -0.2) is 112 Å². The maximum atomic E-state index is 3.78. The number of unbranched alkanes of at least 4 members (excludes halogenated alkanes) is 6. The molecule has 5 aliphatic rings. The van der Waals surface area contributed by atoms with Crippen molar-refractivity contribution in [2.75, 3.05) is 85.2 Å². The number of quaternary nitrogens is 3. The van der Waals surface area contributed by atoms with Crippen LogP contribution in [0, 0.1) is 35.5 Å². The van der Waals surface area contributed by atoms with Crippen molar-refractivity contribution in [3.8, 4) is 0 Å². The highest BCUT2D eigenvalue weighted by Gasteiger charge is 2.44. The zero-order valence-electron chi connectivity index (χ0n) is 48.2. The van der Waals surface area contributed by atoms with Crippen LogP contribution in [0.3, 0.4) is 0 Å². The average molecular weight is 1000 g/mol. The zero-order chi connectivity index (χ0) is 50.5. The minimum Gasteiger partial charge on any atom is -0.323 e. The summed E-state index contributed by atoms with van der Waals surface area (Å²) in [6, 6.07) is 0. The highest BCUT2D eigenvalue weighted by atomic mass is 15.4. The normalized spacial score (nSPS) is 27.1. The molecule has 0 bridgehead atoms. The molecular weight excluding hydrogens is 885 g/mol. The van der Waals surface area contributed by atoms with E-state index >= 15 is 0 Å². The van der Waals surface area contributed by atoms with E-state index in [1.165, 1.54) is 221 Å². The van der Waals surface area contributed by atoms with Crippen LogP contribution < -0.4 is 19.0 Å². The van der Waals surface area contributed by atoms with Gasteiger partial charge in [-0.3, -0.25) is 5.32 Å². The predicted octanol–water partition coefficient (Wildman–Crippen LogP) is 10.8. The third kappa shape index (κ3) is 17.8. The van der Waals surface area contributed by atoms with Gasteiger partial charge in [0.2, 0.25) is 19.0 Å². The topological polar surface area (TPSA) is 38.5 Å². The van der Waals surface area contributed by atoms with E-state index in [0.29, 0.717) is 0 Å². The largest absolute Gasteiger partial charge is 0.323 e. The predicted molar refractivity (Wildman–Crippen MR) is 298 cm³/mol. The molecule has 1 N–H and O–H groups in total. The van der Waals surface area contributed by atoms with Crippen molar-refractivity contribution in [2.45, 2.75) is 222 Å². The maximum Gasteiger partial charge on any atom is 0.243 e. The van der Waals surface area contributed by atoms with Gasteiger partial charge in [0.05, 0.1) is 111 Å². The second-order valence-corrected chi connectivity index (χ2v) is 25.7. The Morgan fingerprint density at radius 3 is 1.04 bits per heavy atom. The smallest absolute Gasteiger partial charge is 0.243 e. The van der Waals surface area contributed by atoms with Gasteiger partial charge in [-0.25, -0.2) is 27.4 Å². The van der Waals surface area contributed by atoms with Crippen molar-refractivity contribution in [2.24, 2.45) is 35.5 Å². The molecule has 3 saturated heterocycles. The van der Waals surface area contributed by atoms with Crippen LogP contribution in [0.15, 0.2) is 56.2 Å². The highest BCUT2D eigenvalue weighted by Crippen LogP contribution is 2.40. The summed E-state index contributed by atoms with van der Waals surface area (Å²) < 4.78 is 18.8. The molecule has 0 aromatic carbocycles. The van der Waals surface area contributed by atoms with Gasteiger partial charge in [0.25, 0.3) is 0 Å². The monoisotopic (exact) mass is 1000 g/mol. The number of hydrogen-bond acceptors (Lipinski definition) is 1. The molecule has 0 radical (unpaired) electrons. The van der Waals surface area contributed by atoms with Gasteiger partial charge in [-0.1, -0.05) is 80.1 Å². The quantitative estimate of drug-likeness (QED) is 0.0525. The Morgan fingerprint density at radius 1 is 0.403 bits per heavy atom. The van der Waals surface area contributed by atoms with E-state index < -0.39 is 0 Å². The summed E-state index contributed by atoms with van der Waals surface area (Å²) in [5.74, 6) is 5.16. The van der Waals surface area contributed by atoms with E-state index in [1.807, 2.05) is 0 Å². The standard InChI is InChI=1S/C32H65N4.C30H51N6/c1-4-7-15-34(18-10-11-19-34)26-30-23-31(27-35(16-8-5-2)20-12-13-21-35)25-32(24-30)28-36(17-9-6-3)22-14-33-29-36;1-4-7-10-31-13-16-34(25-31)22-28-19-29(23-35-17-14-32(26-35)11-8-5-2)21-30(20-28)24-36-18-15-33(27-36)12-9-6-3/h30-33H,4-29H2,1-3H3;13-18,25-30H,4-12,19-24H2,1-3H3/q2*+3. The lowest BCUT2D eigenvalue weighted by Crippen LogP contribution is -2.55. The van der Waals surface area contributed by atoms with Crippen LogP contribution in [0.1, 0.15) is 183 Å². The van der Waals surface area contributed by atoms with Gasteiger partial charge in [-0.2, -0.15) is 0 Å². The molecule has 6 heterocycles. The minimum absolute atomic E-state index is 0.742. The summed E-state index contributed by atoms with van der Waals surface area (Å²) >= 11 is 0. The summed E-state index contributed by atoms with van der Waals surface area (Å²) in [6.07, 6.45) is 51.2. The Morgan fingerprint density at radius 2 is 0.722 bits per heavy atom. The lowest BCUT2D eigenvalue weighted by Gasteiger charge is -2.46. The van der Waals surface area contributed by atoms with E-state index in [0.717, 1.165) is 74.8 Å². The third-order valence-electron chi connectivity index (χ3n) is 19.1. The summed E-state index contributed by atoms with van der Waals surface area (Å²) in [5, 5.41) is 3.78. The molecule has 72 heavy (non-hydrogen) atoms. The van der Waals surface area contributed by atoms with Gasteiger partial charge in [0, 0.05) is 50.0 Å². The molecule has 3 aliphatic heterocycles. The number of imidazole rings is 3. The third-order valence-corrected chi connectivity index (χ3v) is 19.1. The first-order chi connectivity index (χ1) is 35.2. The molecule has 2 aliphatic carbocycles. The molecule has 10 heteroatoms. The summed E-state index contributed by atoms with van der Waals surface area (Å²) in [4.78, 5) is 0. The fourth-order valence-electron chi connectivity index (χ4n) is 15.5. The molecule has 3 unspecified atom stereocenters. The van der Waals surface area contributed by atoms with Crippen molar-refractivity contribution in [3.05, 3.63) is 56.2 Å². The molecule has 0 spiro atoms. The van der Waals surface area contributed by atoms with Gasteiger partial charge >= 0.3 is 0 Å². The Balaban J connectivity index is 0.000000211. The molecular formula is C62H116N10+6. The Kier molecular flexibility index (Phi) is 23.6. The first-order valence-electron chi connectivity index (χ1n) is 31.6. The van der Waals surface area contributed by atoms with E-state index in [-0.39, 0.29) is 0 Å². The molecule has 5 fully saturated rings. The van der Waals surface area contributed by atoms with Gasteiger partial charge < -0.3 is 13.4 Å². The van der Waals surface area contributed by atoms with Crippen molar-refractivity contribution < 1.29 is 27.2 Å². The zero-order valence-corrected chi connectivity index (χ0v) is 48.2. The van der Waals surface area contributed by atoms with E-state index in [9.17, 15) is 0 Å². The van der Waals surface area contributed by atoms with Crippen LogP contribution in [0.5, 0.6) is 0 Å². The Hall–Kier alpha value is -2.53. The first-order valence-corrected chi connectivity index (χ1v) is 31.6. The molecule has 408 valence electrons. The maximum absolute atomic E-state index is 3.78. The van der Waals surface area contributed by atoms with Crippen LogP contribution in [-0.2, 0) is 39.3 Å². The summed E-state index contributed by atoms with van der Waals surface area (Å²) in [6.45, 7) is 39.6. The number of nitrogens with zero attached hydrogens (tertiary/aromatic N) is 9. The van der Waals surface area contributed by atoms with Gasteiger partial charge in [0.15, 0.2) is 0 Å². The fourth-order valence-corrected chi connectivity index (χ4v) is 15.5. The van der Waals surface area contributed by atoms with Crippen molar-refractivity contribution in [1.29, 1.82) is 0 Å². The SMILES string of the molecule is CCCC[N+]1(CC2CC(C[N+]3(CCCC)CCCC3)CC(C[N+]3(CCCC)CCNC3)C2)CCCC1.CCCCn1cc[n+](CC2CC(C[n+]3ccn(CCCC)c3)CC(C[n+]3ccn(CCCC)c3)C2)c1. The van der Waals surface area contributed by atoms with Crippen LogP contribution in [0.4, 0.5) is 0 Å². The number of likely N-dealkylation sites (tertiary alicyclic amines) is 2. The molecule has 3 aromatic heterocycles. The second kappa shape index (κ2) is 29.7. The van der Waals surface area contributed by atoms with Gasteiger partial charge in [-0.15, -0.1) is 0 Å².